The van der Waals surface area contributed by atoms with Crippen LogP contribution in [0.1, 0.15) is 26.7 Å². The molecule has 36 heavy (non-hydrogen) atoms. The molecule has 9 nitrogen and oxygen atoms in total. The van der Waals surface area contributed by atoms with E-state index in [0.29, 0.717) is 12.0 Å². The van der Waals surface area contributed by atoms with E-state index in [-0.39, 0.29) is 17.9 Å². The summed E-state index contributed by atoms with van der Waals surface area (Å²) in [5.74, 6) is -4.85. The molecule has 1 aromatic heterocycles. The Morgan fingerprint density at radius 2 is 1.69 bits per heavy atom. The van der Waals surface area contributed by atoms with E-state index in [9.17, 15) is 31.1 Å². The molecule has 3 atom stereocenters. The summed E-state index contributed by atoms with van der Waals surface area (Å²) >= 11 is 0. The predicted octanol–water partition coefficient (Wildman–Crippen LogP) is 3.42. The molecule has 0 unspecified atom stereocenters. The second kappa shape index (κ2) is 13.4. The van der Waals surface area contributed by atoms with Gasteiger partial charge in [0, 0.05) is 31.9 Å². The maximum atomic E-state index is 12.6. The van der Waals surface area contributed by atoms with Gasteiger partial charge in [0.2, 0.25) is 5.91 Å². The zero-order valence-electron chi connectivity index (χ0n) is 19.3. The molecule has 0 spiro atoms. The molecule has 0 aliphatic carbocycles. The lowest BCUT2D eigenvalue weighted by molar-refractivity contribution is -0.193. The summed E-state index contributed by atoms with van der Waals surface area (Å²) in [6, 6.07) is 4.19. The summed E-state index contributed by atoms with van der Waals surface area (Å²) in [6.45, 7) is 7.13. The summed E-state index contributed by atoms with van der Waals surface area (Å²) in [5, 5.41) is 17.2. The van der Waals surface area contributed by atoms with Crippen molar-refractivity contribution in [1.29, 1.82) is 0 Å². The van der Waals surface area contributed by atoms with Gasteiger partial charge in [0.05, 0.1) is 23.9 Å². The zero-order valence-corrected chi connectivity index (χ0v) is 19.3. The number of carbonyl (C=O) groups is 3. The van der Waals surface area contributed by atoms with Crippen molar-refractivity contribution in [2.75, 3.05) is 25.0 Å². The third-order valence-electron chi connectivity index (χ3n) is 5.00. The topological polar surface area (TPSA) is 129 Å². The molecule has 3 rings (SSSR count). The van der Waals surface area contributed by atoms with Gasteiger partial charge in [-0.1, -0.05) is 13.8 Å². The largest absolute Gasteiger partial charge is 0.490 e. The minimum atomic E-state index is -5.08. The lowest BCUT2D eigenvalue weighted by Gasteiger charge is -2.41. The fourth-order valence-corrected chi connectivity index (χ4v) is 3.60. The number of ether oxygens (including phenoxy) is 1. The number of rotatable bonds is 4. The summed E-state index contributed by atoms with van der Waals surface area (Å²) in [4.78, 5) is 36.9. The van der Waals surface area contributed by atoms with Gasteiger partial charge in [0.25, 0.3) is 0 Å². The number of likely N-dealkylation sites (tertiary alicyclic amines) is 1. The van der Waals surface area contributed by atoms with Crippen LogP contribution in [0.4, 0.5) is 32.0 Å². The van der Waals surface area contributed by atoms with E-state index in [0.717, 1.165) is 38.2 Å². The number of amides is 1. The van der Waals surface area contributed by atoms with Crippen LogP contribution in [0.2, 0.25) is 0 Å². The number of nitrogens with one attached hydrogen (secondary N) is 1. The van der Waals surface area contributed by atoms with Crippen molar-refractivity contribution in [3.8, 4) is 0 Å². The van der Waals surface area contributed by atoms with Crippen LogP contribution in [-0.4, -0.2) is 82.1 Å². The van der Waals surface area contributed by atoms with Gasteiger partial charge in [-0.25, -0.2) is 9.59 Å². The van der Waals surface area contributed by atoms with Gasteiger partial charge in [-0.05, 0) is 30.9 Å². The first-order valence-electron chi connectivity index (χ1n) is 10.7. The number of aliphatic carboxylic acids is 2. The Morgan fingerprint density at radius 3 is 2.14 bits per heavy atom. The van der Waals surface area contributed by atoms with Crippen molar-refractivity contribution in [3.05, 3.63) is 24.5 Å². The summed E-state index contributed by atoms with van der Waals surface area (Å²) in [7, 11) is 0. The van der Waals surface area contributed by atoms with Crippen molar-refractivity contribution >= 4 is 23.5 Å². The number of nitrogens with zero attached hydrogens (tertiary/aromatic N) is 2. The zero-order chi connectivity index (χ0) is 27.7. The highest BCUT2D eigenvalue weighted by molar-refractivity contribution is 5.92. The van der Waals surface area contributed by atoms with Crippen LogP contribution in [0, 0.1) is 11.8 Å². The van der Waals surface area contributed by atoms with Gasteiger partial charge < -0.3 is 20.3 Å². The van der Waals surface area contributed by atoms with E-state index in [2.05, 4.69) is 29.0 Å². The molecule has 0 bridgehead atoms. The van der Waals surface area contributed by atoms with Crippen molar-refractivity contribution < 1.29 is 55.7 Å². The standard InChI is InChI=1S/C17H25N3O2.2C2HF3O2/c1-12(2)10-20-11-13(8-16-15(20)5-7-22-16)17(21)19-14-4-3-6-18-9-14;2*3-2(4,5)1(6)7/h3-4,6,9,12-13,15-16H,5,7-8,10-11H2,1-2H3,(H,19,21);2*(H,6,7)/t13-,15-,16-;;/m1../s1. The van der Waals surface area contributed by atoms with E-state index in [1.165, 1.54) is 0 Å². The summed E-state index contributed by atoms with van der Waals surface area (Å²) in [5.41, 5.74) is 0.761. The number of piperidine rings is 1. The Labute approximate surface area is 202 Å². The number of anilines is 1. The Kier molecular flexibility index (Phi) is 11.6. The predicted molar refractivity (Wildman–Crippen MR) is 113 cm³/mol. The fraction of sp³-hybridized carbons (Fsp3) is 0.619. The number of carboxylic acid groups (broad SMARTS) is 2. The summed E-state index contributed by atoms with van der Waals surface area (Å²) in [6.07, 6.45) is -4.66. The Balaban J connectivity index is 0.000000383. The molecule has 3 heterocycles. The lowest BCUT2D eigenvalue weighted by Crippen LogP contribution is -2.52. The van der Waals surface area contributed by atoms with Crippen molar-refractivity contribution in [2.45, 2.75) is 51.2 Å². The van der Waals surface area contributed by atoms with Crippen molar-refractivity contribution in [1.82, 2.24) is 9.88 Å². The van der Waals surface area contributed by atoms with Crippen molar-refractivity contribution in [2.24, 2.45) is 11.8 Å². The average molecular weight is 531 g/mol. The Hall–Kier alpha value is -2.94. The third-order valence-corrected chi connectivity index (χ3v) is 5.00. The fourth-order valence-electron chi connectivity index (χ4n) is 3.60. The lowest BCUT2D eigenvalue weighted by atomic mass is 9.88. The van der Waals surface area contributed by atoms with Crippen LogP contribution >= 0.6 is 0 Å². The van der Waals surface area contributed by atoms with Gasteiger partial charge in [-0.15, -0.1) is 0 Å². The molecule has 0 radical (unpaired) electrons. The van der Waals surface area contributed by atoms with E-state index >= 15 is 0 Å². The van der Waals surface area contributed by atoms with Gasteiger partial charge in [0.15, 0.2) is 0 Å². The summed E-state index contributed by atoms with van der Waals surface area (Å²) < 4.78 is 69.3. The Morgan fingerprint density at radius 1 is 1.14 bits per heavy atom. The average Bonchev–Trinajstić information content (AvgIpc) is 3.23. The third kappa shape index (κ3) is 10.8. The SMILES string of the molecule is CC(C)CN1C[C@H](C(=O)Nc2cccnc2)C[C@H]2OCC[C@H]21.O=C(O)C(F)(F)F.O=C(O)C(F)(F)F. The normalized spacial score (nSPS) is 21.9. The highest BCUT2D eigenvalue weighted by Crippen LogP contribution is 2.32. The Bertz CT molecular complexity index is 842. The molecular formula is C21H27F6N3O6. The number of carbonyl (C=O) groups excluding carboxylic acids is 1. The number of pyridine rings is 1. The van der Waals surface area contributed by atoms with Gasteiger partial charge in [0.1, 0.15) is 0 Å². The minimum absolute atomic E-state index is 0.0155. The van der Waals surface area contributed by atoms with Crippen LogP contribution in [0.15, 0.2) is 24.5 Å². The maximum absolute atomic E-state index is 12.6. The number of fused-ring (bicyclic) bond motifs is 1. The van der Waals surface area contributed by atoms with E-state index in [1.54, 1.807) is 12.4 Å². The monoisotopic (exact) mass is 531 g/mol. The first-order chi connectivity index (χ1) is 16.5. The quantitative estimate of drug-likeness (QED) is 0.505. The van der Waals surface area contributed by atoms with Gasteiger partial charge in [-0.2, -0.15) is 26.3 Å². The van der Waals surface area contributed by atoms with E-state index in [1.807, 2.05) is 12.1 Å². The first kappa shape index (κ1) is 31.1. The van der Waals surface area contributed by atoms with Crippen LogP contribution in [0.25, 0.3) is 0 Å². The smallest absolute Gasteiger partial charge is 0.475 e. The number of hydrogen-bond acceptors (Lipinski definition) is 6. The van der Waals surface area contributed by atoms with Crippen LogP contribution in [0.5, 0.6) is 0 Å². The molecule has 0 saturated carbocycles. The maximum Gasteiger partial charge on any atom is 0.490 e. The molecule has 0 aromatic carbocycles. The minimum Gasteiger partial charge on any atom is -0.475 e. The molecular weight excluding hydrogens is 504 g/mol. The highest BCUT2D eigenvalue weighted by Gasteiger charge is 2.42. The first-order valence-corrected chi connectivity index (χ1v) is 10.7. The van der Waals surface area contributed by atoms with E-state index < -0.39 is 24.3 Å². The molecule has 1 amide bonds. The molecule has 15 heteroatoms. The van der Waals surface area contributed by atoms with Gasteiger partial charge in [-0.3, -0.25) is 14.7 Å². The molecule has 2 aliphatic rings. The molecule has 3 N–H and O–H groups in total. The molecule has 2 fully saturated rings. The molecule has 204 valence electrons. The van der Waals surface area contributed by atoms with Crippen LogP contribution in [-0.2, 0) is 19.1 Å². The number of aromatic nitrogens is 1. The second-order valence-corrected chi connectivity index (χ2v) is 8.38. The van der Waals surface area contributed by atoms with Crippen LogP contribution < -0.4 is 5.32 Å². The number of hydrogen-bond donors (Lipinski definition) is 3. The van der Waals surface area contributed by atoms with Crippen LogP contribution in [0.3, 0.4) is 0 Å². The number of alkyl halides is 6. The number of carboxylic acids is 2. The highest BCUT2D eigenvalue weighted by atomic mass is 19.4. The molecule has 1 aromatic rings. The second-order valence-electron chi connectivity index (χ2n) is 8.38. The van der Waals surface area contributed by atoms with Crippen molar-refractivity contribution in [3.63, 3.8) is 0 Å². The molecule has 2 aliphatic heterocycles. The van der Waals surface area contributed by atoms with E-state index in [4.69, 9.17) is 24.5 Å². The van der Waals surface area contributed by atoms with Gasteiger partial charge >= 0.3 is 24.3 Å². The number of halogens is 6. The molecule has 2 saturated heterocycles.